The van der Waals surface area contributed by atoms with Gasteiger partial charge in [-0.1, -0.05) is 18.2 Å². The average molecular weight is 440 g/mol. The minimum atomic E-state index is 0.302. The first-order chi connectivity index (χ1) is 15.2. The van der Waals surface area contributed by atoms with Crippen molar-refractivity contribution < 1.29 is 4.74 Å². The quantitative estimate of drug-likeness (QED) is 0.387. The molecule has 1 saturated heterocycles. The Kier molecular flexibility index (Phi) is 7.29. The number of thiophene rings is 1. The normalized spacial score (nSPS) is 16.3. The second-order valence-electron chi connectivity index (χ2n) is 7.45. The van der Waals surface area contributed by atoms with Gasteiger partial charge in [0.1, 0.15) is 6.33 Å². The van der Waals surface area contributed by atoms with Crippen LogP contribution in [-0.4, -0.2) is 65.9 Å². The lowest BCUT2D eigenvalue weighted by molar-refractivity contribution is 0.0177. The molecule has 31 heavy (non-hydrogen) atoms. The van der Waals surface area contributed by atoms with Crippen LogP contribution in [0.3, 0.4) is 0 Å². The summed E-state index contributed by atoms with van der Waals surface area (Å²) in [6, 6.07) is 13.0. The van der Waals surface area contributed by atoms with Crippen LogP contribution in [0.5, 0.6) is 0 Å². The molecule has 164 valence electrons. The number of aromatic nitrogens is 3. The number of aromatic amines is 1. The van der Waals surface area contributed by atoms with Gasteiger partial charge in [0.15, 0.2) is 11.8 Å². The molecular weight excluding hydrogens is 410 g/mol. The van der Waals surface area contributed by atoms with Crippen LogP contribution in [0, 0.1) is 6.92 Å². The Balaban J connectivity index is 1.37. The molecule has 0 aliphatic carbocycles. The van der Waals surface area contributed by atoms with Crippen molar-refractivity contribution in [1.82, 2.24) is 30.7 Å². The van der Waals surface area contributed by atoms with Gasteiger partial charge >= 0.3 is 0 Å². The summed E-state index contributed by atoms with van der Waals surface area (Å²) in [5, 5.41) is 13.8. The highest BCUT2D eigenvalue weighted by Gasteiger charge is 2.24. The highest BCUT2D eigenvalue weighted by molar-refractivity contribution is 7.12. The Morgan fingerprint density at radius 3 is 2.84 bits per heavy atom. The molecular formula is C22H29N7OS. The molecule has 8 nitrogen and oxygen atoms in total. The smallest absolute Gasteiger partial charge is 0.191 e. The average Bonchev–Trinajstić information content (AvgIpc) is 3.49. The molecule has 0 amide bonds. The van der Waals surface area contributed by atoms with Gasteiger partial charge in [0, 0.05) is 48.5 Å². The maximum Gasteiger partial charge on any atom is 0.191 e. The number of hydrogen-bond acceptors (Lipinski definition) is 6. The summed E-state index contributed by atoms with van der Waals surface area (Å²) in [5.41, 5.74) is 2.16. The Hall–Kier alpha value is -2.75. The van der Waals surface area contributed by atoms with E-state index in [1.165, 1.54) is 16.1 Å². The molecule has 1 aliphatic heterocycles. The van der Waals surface area contributed by atoms with Crippen LogP contribution >= 0.6 is 11.3 Å². The largest absolute Gasteiger partial charge is 0.379 e. The Bertz CT molecular complexity index is 979. The lowest BCUT2D eigenvalue weighted by atomic mass is 10.1. The summed E-state index contributed by atoms with van der Waals surface area (Å²) in [5.74, 6) is 1.56. The SMILES string of the molecule is CN=C(NCc1cccc(-c2ncn[nH]2)c1)NCC(c1ccc(C)s1)N1CCOCC1. The van der Waals surface area contributed by atoms with E-state index in [1.54, 1.807) is 7.05 Å². The van der Waals surface area contributed by atoms with E-state index in [2.05, 4.69) is 66.9 Å². The van der Waals surface area contributed by atoms with Crippen molar-refractivity contribution in [2.24, 2.45) is 4.99 Å². The first-order valence-electron chi connectivity index (χ1n) is 10.5. The molecule has 1 aliphatic rings. The van der Waals surface area contributed by atoms with Gasteiger partial charge < -0.3 is 15.4 Å². The zero-order valence-electron chi connectivity index (χ0n) is 18.0. The van der Waals surface area contributed by atoms with E-state index >= 15 is 0 Å². The Morgan fingerprint density at radius 2 is 2.13 bits per heavy atom. The van der Waals surface area contributed by atoms with Crippen LogP contribution in [0.1, 0.15) is 21.4 Å². The fourth-order valence-corrected chi connectivity index (χ4v) is 4.72. The third-order valence-electron chi connectivity index (χ3n) is 5.34. The molecule has 1 fully saturated rings. The molecule has 0 radical (unpaired) electrons. The van der Waals surface area contributed by atoms with Crippen LogP contribution in [0.15, 0.2) is 47.7 Å². The van der Waals surface area contributed by atoms with E-state index in [0.717, 1.165) is 55.8 Å². The molecule has 3 aromatic rings. The van der Waals surface area contributed by atoms with Gasteiger partial charge in [-0.25, -0.2) is 4.98 Å². The molecule has 1 atom stereocenters. The highest BCUT2D eigenvalue weighted by atomic mass is 32.1. The van der Waals surface area contributed by atoms with E-state index in [0.29, 0.717) is 12.6 Å². The Labute approximate surface area is 186 Å². The van der Waals surface area contributed by atoms with Crippen LogP contribution in [-0.2, 0) is 11.3 Å². The number of morpholine rings is 1. The summed E-state index contributed by atoms with van der Waals surface area (Å²) in [4.78, 5) is 13.9. The van der Waals surface area contributed by atoms with Crippen LogP contribution in [0.25, 0.3) is 11.4 Å². The van der Waals surface area contributed by atoms with E-state index in [-0.39, 0.29) is 0 Å². The molecule has 9 heteroatoms. The topological polar surface area (TPSA) is 90.5 Å². The van der Waals surface area contributed by atoms with Crippen molar-refractivity contribution >= 4 is 17.3 Å². The molecule has 0 bridgehead atoms. The van der Waals surface area contributed by atoms with Gasteiger partial charge in [0.05, 0.1) is 19.3 Å². The fraction of sp³-hybridized carbons (Fsp3) is 0.409. The van der Waals surface area contributed by atoms with Gasteiger partial charge in [0.25, 0.3) is 0 Å². The van der Waals surface area contributed by atoms with Gasteiger partial charge in [0.2, 0.25) is 0 Å². The summed E-state index contributed by atoms with van der Waals surface area (Å²) in [6.45, 7) is 7.09. The standard InChI is InChI=1S/C22H29N7OS/c1-16-6-7-20(31-16)19(29-8-10-30-11-9-29)14-25-22(23-2)24-13-17-4-3-5-18(12-17)21-26-15-27-28-21/h3-7,12,15,19H,8-11,13-14H2,1-2H3,(H2,23,24,25)(H,26,27,28). The van der Waals surface area contributed by atoms with Gasteiger partial charge in [-0.3, -0.25) is 15.0 Å². The first kappa shape index (κ1) is 21.5. The molecule has 4 rings (SSSR count). The zero-order chi connectivity index (χ0) is 21.5. The van der Waals surface area contributed by atoms with E-state index in [9.17, 15) is 0 Å². The number of nitrogens with zero attached hydrogens (tertiary/aromatic N) is 4. The first-order valence-corrected chi connectivity index (χ1v) is 11.3. The van der Waals surface area contributed by atoms with Crippen molar-refractivity contribution in [3.05, 3.63) is 58.0 Å². The van der Waals surface area contributed by atoms with Crippen molar-refractivity contribution in [3.63, 3.8) is 0 Å². The van der Waals surface area contributed by atoms with Crippen LogP contribution < -0.4 is 10.6 Å². The van der Waals surface area contributed by atoms with Crippen molar-refractivity contribution in [2.75, 3.05) is 39.9 Å². The highest BCUT2D eigenvalue weighted by Crippen LogP contribution is 2.27. The molecule has 3 heterocycles. The van der Waals surface area contributed by atoms with E-state index < -0.39 is 0 Å². The summed E-state index contributed by atoms with van der Waals surface area (Å²) in [6.07, 6.45) is 1.52. The lowest BCUT2D eigenvalue weighted by Gasteiger charge is -2.34. The van der Waals surface area contributed by atoms with Crippen LogP contribution in [0.4, 0.5) is 0 Å². The predicted molar refractivity (Wildman–Crippen MR) is 124 cm³/mol. The monoisotopic (exact) mass is 439 g/mol. The second kappa shape index (κ2) is 10.5. The summed E-state index contributed by atoms with van der Waals surface area (Å²) in [7, 11) is 1.80. The fourth-order valence-electron chi connectivity index (χ4n) is 3.70. The van der Waals surface area contributed by atoms with Crippen molar-refractivity contribution in [1.29, 1.82) is 0 Å². The summed E-state index contributed by atoms with van der Waals surface area (Å²) >= 11 is 1.86. The molecule has 3 N–H and O–H groups in total. The minimum absolute atomic E-state index is 0.302. The van der Waals surface area contributed by atoms with Gasteiger partial charge in [-0.2, -0.15) is 5.10 Å². The zero-order valence-corrected chi connectivity index (χ0v) is 18.8. The molecule has 2 aromatic heterocycles. The second-order valence-corrected chi connectivity index (χ2v) is 8.77. The summed E-state index contributed by atoms with van der Waals surface area (Å²) < 4.78 is 5.56. The van der Waals surface area contributed by atoms with Gasteiger partial charge in [-0.15, -0.1) is 11.3 Å². The minimum Gasteiger partial charge on any atom is -0.379 e. The predicted octanol–water partition coefficient (Wildman–Crippen LogP) is 2.58. The number of ether oxygens (including phenoxy) is 1. The number of nitrogens with one attached hydrogen (secondary N) is 3. The number of guanidine groups is 1. The molecule has 0 saturated carbocycles. The number of H-pyrrole nitrogens is 1. The van der Waals surface area contributed by atoms with Crippen molar-refractivity contribution in [2.45, 2.75) is 19.5 Å². The molecule has 1 aromatic carbocycles. The maximum atomic E-state index is 5.56. The van der Waals surface area contributed by atoms with E-state index in [4.69, 9.17) is 4.74 Å². The number of rotatable bonds is 7. The number of hydrogen-bond donors (Lipinski definition) is 3. The molecule has 0 spiro atoms. The Morgan fingerprint density at radius 1 is 1.26 bits per heavy atom. The number of aliphatic imine (C=N–C) groups is 1. The maximum absolute atomic E-state index is 5.56. The molecule has 1 unspecified atom stereocenters. The number of aryl methyl sites for hydroxylation is 1. The third-order valence-corrected chi connectivity index (χ3v) is 6.44. The van der Waals surface area contributed by atoms with Crippen LogP contribution in [0.2, 0.25) is 0 Å². The van der Waals surface area contributed by atoms with E-state index in [1.807, 2.05) is 23.5 Å². The number of benzene rings is 1. The lowest BCUT2D eigenvalue weighted by Crippen LogP contribution is -2.46. The van der Waals surface area contributed by atoms with Gasteiger partial charge in [-0.05, 0) is 30.7 Å². The third kappa shape index (κ3) is 5.69. The van der Waals surface area contributed by atoms with Crippen molar-refractivity contribution in [3.8, 4) is 11.4 Å².